The quantitative estimate of drug-likeness (QED) is 0.466. The Bertz CT molecular complexity index is 88.1. The predicted molar refractivity (Wildman–Crippen MR) is 30.6 cm³/mol. The third-order valence-corrected chi connectivity index (χ3v) is 1.37. The van der Waals surface area contributed by atoms with Crippen LogP contribution in [0.4, 0.5) is 0 Å². The molecule has 2 heteroatoms. The van der Waals surface area contributed by atoms with E-state index in [9.17, 15) is 0 Å². The Morgan fingerprint density at radius 1 is 1.57 bits per heavy atom. The van der Waals surface area contributed by atoms with Crippen LogP contribution in [0.15, 0.2) is 4.99 Å². The van der Waals surface area contributed by atoms with Crippen LogP contribution in [0.5, 0.6) is 0 Å². The van der Waals surface area contributed by atoms with Gasteiger partial charge >= 0.3 is 0 Å². The molecular weight excluding hydrogens is 88.1 g/mol. The second-order valence-electron chi connectivity index (χ2n) is 1.97. The van der Waals surface area contributed by atoms with E-state index in [0.717, 1.165) is 0 Å². The molecule has 0 saturated carbocycles. The number of hydrogen-bond acceptors (Lipinski definition) is 2. The fourth-order valence-corrected chi connectivity index (χ4v) is 0.547. The summed E-state index contributed by atoms with van der Waals surface area (Å²) >= 11 is 0. The largest absolute Gasteiger partial charge is 0.372 e. The summed E-state index contributed by atoms with van der Waals surface area (Å²) in [6.07, 6.45) is 1.77. The zero-order valence-electron chi connectivity index (χ0n) is 4.68. The van der Waals surface area contributed by atoms with E-state index in [4.69, 9.17) is 0 Å². The van der Waals surface area contributed by atoms with Crippen molar-refractivity contribution in [3.8, 4) is 0 Å². The SMILES string of the molecule is C[C@@H]1N=CN[C@H]1C. The standard InChI is InChI=1S/C5H10N2/c1-4-5(2)7-3-6-4/h3-5H,1-2H3,(H,6,7)/t4-,5-/m0/s1. The number of nitrogens with zero attached hydrogens (tertiary/aromatic N) is 1. The molecule has 0 spiro atoms. The third-order valence-electron chi connectivity index (χ3n) is 1.37. The minimum absolute atomic E-state index is 0.472. The Morgan fingerprint density at radius 2 is 2.29 bits per heavy atom. The first-order valence-corrected chi connectivity index (χ1v) is 2.58. The van der Waals surface area contributed by atoms with E-state index in [1.165, 1.54) is 0 Å². The second-order valence-corrected chi connectivity index (χ2v) is 1.97. The lowest BCUT2D eigenvalue weighted by molar-refractivity contribution is 0.602. The van der Waals surface area contributed by atoms with E-state index in [1.54, 1.807) is 6.34 Å². The first-order chi connectivity index (χ1) is 3.30. The average molecular weight is 98.1 g/mol. The van der Waals surface area contributed by atoms with Crippen LogP contribution in [0, 0.1) is 0 Å². The molecule has 0 unspecified atom stereocenters. The van der Waals surface area contributed by atoms with Gasteiger partial charge in [0.15, 0.2) is 0 Å². The van der Waals surface area contributed by atoms with Gasteiger partial charge in [-0.2, -0.15) is 0 Å². The molecule has 0 amide bonds. The van der Waals surface area contributed by atoms with Crippen LogP contribution in [-0.4, -0.2) is 18.4 Å². The molecule has 7 heavy (non-hydrogen) atoms. The predicted octanol–water partition coefficient (Wildman–Crippen LogP) is 0.395. The van der Waals surface area contributed by atoms with Crippen molar-refractivity contribution < 1.29 is 0 Å². The molecule has 2 atom stereocenters. The molecule has 0 aromatic heterocycles. The summed E-state index contributed by atoms with van der Waals surface area (Å²) in [5, 5.41) is 3.08. The molecule has 1 heterocycles. The summed E-state index contributed by atoms with van der Waals surface area (Å²) in [6, 6.07) is 1.01. The van der Waals surface area contributed by atoms with Crippen LogP contribution in [-0.2, 0) is 0 Å². The second kappa shape index (κ2) is 1.52. The highest BCUT2D eigenvalue weighted by Crippen LogP contribution is 1.99. The number of rotatable bonds is 0. The zero-order valence-corrected chi connectivity index (χ0v) is 4.68. The minimum Gasteiger partial charge on any atom is -0.372 e. The Balaban J connectivity index is 2.45. The van der Waals surface area contributed by atoms with Gasteiger partial charge in [0.2, 0.25) is 0 Å². The lowest BCUT2D eigenvalue weighted by Crippen LogP contribution is -2.25. The molecule has 0 radical (unpaired) electrons. The molecule has 2 nitrogen and oxygen atoms in total. The minimum atomic E-state index is 0.472. The molecule has 0 fully saturated rings. The molecule has 0 saturated heterocycles. The van der Waals surface area contributed by atoms with Crippen molar-refractivity contribution in [2.75, 3.05) is 0 Å². The maximum atomic E-state index is 4.08. The summed E-state index contributed by atoms with van der Waals surface area (Å²) in [4.78, 5) is 4.08. The molecular formula is C5H10N2. The van der Waals surface area contributed by atoms with Crippen molar-refractivity contribution >= 4 is 6.34 Å². The van der Waals surface area contributed by atoms with Crippen LogP contribution >= 0.6 is 0 Å². The van der Waals surface area contributed by atoms with E-state index >= 15 is 0 Å². The third kappa shape index (κ3) is 0.734. The summed E-state index contributed by atoms with van der Waals surface area (Å²) in [7, 11) is 0. The number of nitrogens with one attached hydrogen (secondary N) is 1. The first kappa shape index (κ1) is 4.62. The first-order valence-electron chi connectivity index (χ1n) is 2.58. The Labute approximate surface area is 43.6 Å². The zero-order chi connectivity index (χ0) is 5.28. The van der Waals surface area contributed by atoms with Crippen LogP contribution in [0.2, 0.25) is 0 Å². The van der Waals surface area contributed by atoms with Gasteiger partial charge in [-0.05, 0) is 13.8 Å². The summed E-state index contributed by atoms with van der Waals surface area (Å²) in [6.45, 7) is 4.22. The maximum absolute atomic E-state index is 4.08. The van der Waals surface area contributed by atoms with E-state index in [2.05, 4.69) is 24.2 Å². The van der Waals surface area contributed by atoms with Gasteiger partial charge in [-0.3, -0.25) is 4.99 Å². The van der Waals surface area contributed by atoms with E-state index in [0.29, 0.717) is 12.1 Å². The van der Waals surface area contributed by atoms with Crippen molar-refractivity contribution in [2.45, 2.75) is 25.9 Å². The Kier molecular flexibility index (Phi) is 1.01. The van der Waals surface area contributed by atoms with E-state index in [-0.39, 0.29) is 0 Å². The van der Waals surface area contributed by atoms with Gasteiger partial charge in [0.25, 0.3) is 0 Å². The molecule has 40 valence electrons. The maximum Gasteiger partial charge on any atom is 0.0830 e. The summed E-state index contributed by atoms with van der Waals surface area (Å²) in [5.41, 5.74) is 0. The Hall–Kier alpha value is -0.530. The van der Waals surface area contributed by atoms with E-state index in [1.807, 2.05) is 0 Å². The highest BCUT2D eigenvalue weighted by molar-refractivity contribution is 5.57. The lowest BCUT2D eigenvalue weighted by atomic mass is 10.2. The highest BCUT2D eigenvalue weighted by Gasteiger charge is 2.11. The Morgan fingerprint density at radius 3 is 2.43 bits per heavy atom. The fourth-order valence-electron chi connectivity index (χ4n) is 0.547. The average Bonchev–Trinajstić information content (AvgIpc) is 1.91. The molecule has 0 aliphatic carbocycles. The van der Waals surface area contributed by atoms with Crippen LogP contribution in [0.3, 0.4) is 0 Å². The van der Waals surface area contributed by atoms with Crippen LogP contribution in [0.25, 0.3) is 0 Å². The van der Waals surface area contributed by atoms with Gasteiger partial charge in [-0.1, -0.05) is 0 Å². The van der Waals surface area contributed by atoms with Crippen LogP contribution < -0.4 is 5.32 Å². The number of hydrogen-bond donors (Lipinski definition) is 1. The summed E-state index contributed by atoms with van der Waals surface area (Å²) in [5.74, 6) is 0. The molecule has 0 aromatic rings. The molecule has 1 aliphatic rings. The number of aliphatic imine (C=N–C) groups is 1. The smallest absolute Gasteiger partial charge is 0.0830 e. The van der Waals surface area contributed by atoms with Crippen LogP contribution in [0.1, 0.15) is 13.8 Å². The van der Waals surface area contributed by atoms with Gasteiger partial charge in [-0.15, -0.1) is 0 Å². The van der Waals surface area contributed by atoms with Crippen molar-refractivity contribution in [3.05, 3.63) is 0 Å². The van der Waals surface area contributed by atoms with Crippen molar-refractivity contribution in [1.82, 2.24) is 5.32 Å². The molecule has 0 aromatic carbocycles. The lowest BCUT2D eigenvalue weighted by Gasteiger charge is -2.04. The molecule has 1 aliphatic heterocycles. The molecule has 1 rings (SSSR count). The monoisotopic (exact) mass is 98.1 g/mol. The van der Waals surface area contributed by atoms with Crippen molar-refractivity contribution in [2.24, 2.45) is 4.99 Å². The topological polar surface area (TPSA) is 24.4 Å². The molecule has 0 bridgehead atoms. The highest BCUT2D eigenvalue weighted by atomic mass is 15.1. The van der Waals surface area contributed by atoms with Crippen molar-refractivity contribution in [3.63, 3.8) is 0 Å². The summed E-state index contributed by atoms with van der Waals surface area (Å²) < 4.78 is 0. The van der Waals surface area contributed by atoms with Gasteiger partial charge in [0.05, 0.1) is 12.4 Å². The normalized spacial score (nSPS) is 38.6. The van der Waals surface area contributed by atoms with Crippen molar-refractivity contribution in [1.29, 1.82) is 0 Å². The fraction of sp³-hybridized carbons (Fsp3) is 0.800. The van der Waals surface area contributed by atoms with Gasteiger partial charge < -0.3 is 5.32 Å². The van der Waals surface area contributed by atoms with E-state index < -0.39 is 0 Å². The van der Waals surface area contributed by atoms with Gasteiger partial charge in [0, 0.05) is 6.04 Å². The van der Waals surface area contributed by atoms with Gasteiger partial charge in [-0.25, -0.2) is 0 Å². The molecule has 1 N–H and O–H groups in total. The van der Waals surface area contributed by atoms with Gasteiger partial charge in [0.1, 0.15) is 0 Å².